The molecule has 0 atom stereocenters. The average molecular weight is 373 g/mol. The molecule has 0 radical (unpaired) electrons. The van der Waals surface area contributed by atoms with Crippen molar-refractivity contribution < 1.29 is 4.74 Å². The number of aromatic nitrogens is 2. The van der Waals surface area contributed by atoms with Crippen LogP contribution in [0.15, 0.2) is 33.3 Å². The minimum atomic E-state index is 0.486. The molecule has 1 N–H and O–H groups in total. The van der Waals surface area contributed by atoms with Crippen LogP contribution in [0.3, 0.4) is 0 Å². The molecular weight excluding hydrogens is 362 g/mol. The van der Waals surface area contributed by atoms with Gasteiger partial charge >= 0.3 is 0 Å². The molecule has 0 fully saturated rings. The van der Waals surface area contributed by atoms with E-state index in [2.05, 4.69) is 47.1 Å². The number of nitrogens with one attached hydrogen (secondary N) is 1. The van der Waals surface area contributed by atoms with E-state index in [9.17, 15) is 0 Å². The minimum absolute atomic E-state index is 0.486. The lowest BCUT2D eigenvalue weighted by Gasteiger charge is -2.09. The first-order valence-electron chi connectivity index (χ1n) is 5.20. The SMILES string of the molecule is COc1nc(Nc2ccc(C)cc2Br)ncc1Br. The van der Waals surface area contributed by atoms with Crippen LogP contribution in [-0.4, -0.2) is 17.1 Å². The Labute approximate surface area is 122 Å². The van der Waals surface area contributed by atoms with Crippen LogP contribution >= 0.6 is 31.9 Å². The van der Waals surface area contributed by atoms with Crippen LogP contribution < -0.4 is 10.1 Å². The minimum Gasteiger partial charge on any atom is -0.480 e. The molecule has 0 aliphatic carbocycles. The summed E-state index contributed by atoms with van der Waals surface area (Å²) in [5.74, 6) is 0.982. The lowest BCUT2D eigenvalue weighted by molar-refractivity contribution is 0.394. The molecular formula is C12H11Br2N3O. The van der Waals surface area contributed by atoms with Gasteiger partial charge in [-0.25, -0.2) is 4.98 Å². The third-order valence-electron chi connectivity index (χ3n) is 2.28. The highest BCUT2D eigenvalue weighted by atomic mass is 79.9. The van der Waals surface area contributed by atoms with E-state index in [1.165, 1.54) is 5.56 Å². The van der Waals surface area contributed by atoms with Gasteiger partial charge in [-0.1, -0.05) is 6.07 Å². The Morgan fingerprint density at radius 2 is 2.00 bits per heavy atom. The fourth-order valence-electron chi connectivity index (χ4n) is 1.40. The number of rotatable bonds is 3. The number of hydrogen-bond acceptors (Lipinski definition) is 4. The number of methoxy groups -OCH3 is 1. The van der Waals surface area contributed by atoms with Crippen molar-refractivity contribution in [1.82, 2.24) is 9.97 Å². The molecule has 0 bridgehead atoms. The summed E-state index contributed by atoms with van der Waals surface area (Å²) in [7, 11) is 1.57. The van der Waals surface area contributed by atoms with Crippen molar-refractivity contribution in [2.45, 2.75) is 6.92 Å². The summed E-state index contributed by atoms with van der Waals surface area (Å²) in [6, 6.07) is 6.01. The fraction of sp³-hybridized carbons (Fsp3) is 0.167. The summed E-state index contributed by atoms with van der Waals surface area (Å²) in [5, 5.41) is 3.13. The van der Waals surface area contributed by atoms with Gasteiger partial charge in [0.2, 0.25) is 11.8 Å². The fourth-order valence-corrected chi connectivity index (χ4v) is 2.34. The number of anilines is 2. The van der Waals surface area contributed by atoms with Gasteiger partial charge in [-0.05, 0) is 56.5 Å². The molecule has 94 valence electrons. The van der Waals surface area contributed by atoms with Gasteiger partial charge in [0.15, 0.2) is 0 Å². The van der Waals surface area contributed by atoms with Crippen molar-refractivity contribution in [2.75, 3.05) is 12.4 Å². The molecule has 0 aliphatic rings. The van der Waals surface area contributed by atoms with Crippen LogP contribution in [0.5, 0.6) is 5.88 Å². The maximum absolute atomic E-state index is 5.12. The molecule has 4 nitrogen and oxygen atoms in total. The van der Waals surface area contributed by atoms with Crippen molar-refractivity contribution in [3.05, 3.63) is 38.9 Å². The Kier molecular flexibility index (Phi) is 4.19. The zero-order valence-electron chi connectivity index (χ0n) is 9.87. The number of hydrogen-bond donors (Lipinski definition) is 1. The predicted octanol–water partition coefficient (Wildman–Crippen LogP) is 4.06. The number of benzene rings is 1. The van der Waals surface area contributed by atoms with E-state index in [-0.39, 0.29) is 0 Å². The number of ether oxygens (including phenoxy) is 1. The largest absolute Gasteiger partial charge is 0.480 e. The second kappa shape index (κ2) is 5.67. The smallest absolute Gasteiger partial charge is 0.232 e. The Hall–Kier alpha value is -1.14. The second-order valence-electron chi connectivity index (χ2n) is 3.66. The first-order chi connectivity index (χ1) is 8.60. The first kappa shape index (κ1) is 13.3. The molecule has 2 rings (SSSR count). The summed E-state index contributed by atoms with van der Waals surface area (Å²) in [4.78, 5) is 8.41. The molecule has 0 amide bonds. The number of nitrogens with zero attached hydrogens (tertiary/aromatic N) is 2. The molecule has 18 heavy (non-hydrogen) atoms. The summed E-state index contributed by atoms with van der Waals surface area (Å²) >= 11 is 6.81. The molecule has 1 heterocycles. The Balaban J connectivity index is 2.28. The Bertz CT molecular complexity index is 575. The van der Waals surface area contributed by atoms with Crippen LogP contribution in [0.4, 0.5) is 11.6 Å². The Morgan fingerprint density at radius 1 is 1.22 bits per heavy atom. The molecule has 1 aromatic heterocycles. The Morgan fingerprint density at radius 3 is 2.67 bits per heavy atom. The molecule has 0 spiro atoms. The highest BCUT2D eigenvalue weighted by molar-refractivity contribution is 9.11. The van der Waals surface area contributed by atoms with Crippen LogP contribution in [0.1, 0.15) is 5.56 Å². The average Bonchev–Trinajstić information content (AvgIpc) is 2.35. The zero-order chi connectivity index (χ0) is 13.1. The van der Waals surface area contributed by atoms with Crippen molar-refractivity contribution in [3.8, 4) is 5.88 Å². The monoisotopic (exact) mass is 371 g/mol. The van der Waals surface area contributed by atoms with E-state index in [4.69, 9.17) is 4.74 Å². The molecule has 0 unspecified atom stereocenters. The lowest BCUT2D eigenvalue weighted by atomic mass is 10.2. The summed E-state index contributed by atoms with van der Waals surface area (Å²) in [6.45, 7) is 2.04. The second-order valence-corrected chi connectivity index (χ2v) is 5.37. The predicted molar refractivity (Wildman–Crippen MR) is 78.4 cm³/mol. The van der Waals surface area contributed by atoms with Gasteiger partial charge in [-0.3, -0.25) is 0 Å². The summed E-state index contributed by atoms with van der Waals surface area (Å²) in [5.41, 5.74) is 2.09. The van der Waals surface area contributed by atoms with Gasteiger partial charge in [0.1, 0.15) is 0 Å². The molecule has 2 aromatic rings. The van der Waals surface area contributed by atoms with Crippen LogP contribution in [0.2, 0.25) is 0 Å². The van der Waals surface area contributed by atoms with Gasteiger partial charge in [-0.15, -0.1) is 0 Å². The number of aryl methyl sites for hydroxylation is 1. The van der Waals surface area contributed by atoms with Gasteiger partial charge in [0.05, 0.1) is 23.5 Å². The number of halogens is 2. The van der Waals surface area contributed by atoms with Crippen molar-refractivity contribution in [3.63, 3.8) is 0 Å². The standard InChI is InChI=1S/C12H11Br2N3O/c1-7-3-4-10(8(13)5-7)16-12-15-6-9(14)11(17-12)18-2/h3-6H,1-2H3,(H,15,16,17). The van der Waals surface area contributed by atoms with Gasteiger partial charge in [0.25, 0.3) is 0 Å². The summed E-state index contributed by atoms with van der Waals surface area (Å²) < 4.78 is 6.81. The van der Waals surface area contributed by atoms with Crippen molar-refractivity contribution in [1.29, 1.82) is 0 Å². The van der Waals surface area contributed by atoms with Gasteiger partial charge in [0, 0.05) is 4.47 Å². The summed E-state index contributed by atoms with van der Waals surface area (Å²) in [6.07, 6.45) is 1.65. The van der Waals surface area contributed by atoms with E-state index in [1.54, 1.807) is 13.3 Å². The van der Waals surface area contributed by atoms with Crippen LogP contribution in [-0.2, 0) is 0 Å². The third kappa shape index (κ3) is 3.00. The van der Waals surface area contributed by atoms with E-state index >= 15 is 0 Å². The van der Waals surface area contributed by atoms with E-state index < -0.39 is 0 Å². The van der Waals surface area contributed by atoms with Gasteiger partial charge < -0.3 is 10.1 Å². The molecule has 0 aliphatic heterocycles. The maximum Gasteiger partial charge on any atom is 0.232 e. The van der Waals surface area contributed by atoms with Crippen molar-refractivity contribution in [2.24, 2.45) is 0 Å². The van der Waals surface area contributed by atoms with Crippen molar-refractivity contribution >= 4 is 43.5 Å². The highest BCUT2D eigenvalue weighted by Gasteiger charge is 2.07. The molecule has 6 heteroatoms. The molecule has 0 saturated carbocycles. The topological polar surface area (TPSA) is 47.0 Å². The molecule has 1 aromatic carbocycles. The highest BCUT2D eigenvalue weighted by Crippen LogP contribution is 2.27. The normalized spacial score (nSPS) is 10.2. The first-order valence-corrected chi connectivity index (χ1v) is 6.78. The van der Waals surface area contributed by atoms with Crippen LogP contribution in [0, 0.1) is 6.92 Å². The zero-order valence-corrected chi connectivity index (χ0v) is 13.0. The van der Waals surface area contributed by atoms with E-state index in [0.29, 0.717) is 11.8 Å². The molecule has 0 saturated heterocycles. The van der Waals surface area contributed by atoms with E-state index in [0.717, 1.165) is 14.6 Å². The maximum atomic E-state index is 5.12. The quantitative estimate of drug-likeness (QED) is 0.882. The third-order valence-corrected chi connectivity index (χ3v) is 3.48. The van der Waals surface area contributed by atoms with Gasteiger partial charge in [-0.2, -0.15) is 4.98 Å². The lowest BCUT2D eigenvalue weighted by Crippen LogP contribution is -2.00. The van der Waals surface area contributed by atoms with Crippen LogP contribution in [0.25, 0.3) is 0 Å². The van der Waals surface area contributed by atoms with E-state index in [1.807, 2.05) is 25.1 Å².